The molecule has 23 heavy (non-hydrogen) atoms. The summed E-state index contributed by atoms with van der Waals surface area (Å²) in [5.41, 5.74) is -0.399. The van der Waals surface area contributed by atoms with Crippen molar-refractivity contribution in [3.05, 3.63) is 41.2 Å². The normalized spacial score (nSPS) is 17.2. The van der Waals surface area contributed by atoms with E-state index in [0.29, 0.717) is 30.9 Å². The van der Waals surface area contributed by atoms with Gasteiger partial charge in [0.2, 0.25) is 0 Å². The maximum absolute atomic E-state index is 13.8. The van der Waals surface area contributed by atoms with Crippen molar-refractivity contribution in [2.24, 2.45) is 0 Å². The van der Waals surface area contributed by atoms with E-state index in [9.17, 15) is 13.6 Å². The number of aromatic nitrogens is 4. The van der Waals surface area contributed by atoms with Gasteiger partial charge in [0.15, 0.2) is 23.2 Å². The second kappa shape index (κ2) is 5.99. The predicted octanol–water partition coefficient (Wildman–Crippen LogP) is 1.31. The monoisotopic (exact) mass is 323 g/mol. The van der Waals surface area contributed by atoms with E-state index in [2.05, 4.69) is 15.2 Å². The maximum Gasteiger partial charge on any atom is 0.275 e. The molecule has 0 spiro atoms. The summed E-state index contributed by atoms with van der Waals surface area (Å²) in [4.78, 5) is 17.4. The summed E-state index contributed by atoms with van der Waals surface area (Å²) in [6.07, 6.45) is 0.822. The van der Waals surface area contributed by atoms with E-state index in [1.165, 1.54) is 4.90 Å². The fraction of sp³-hybridized carbons (Fsp3) is 0.429. The lowest BCUT2D eigenvalue weighted by Gasteiger charge is -2.32. The fourth-order valence-electron chi connectivity index (χ4n) is 2.72. The second-order valence-corrected chi connectivity index (χ2v) is 5.35. The van der Waals surface area contributed by atoms with E-state index in [-0.39, 0.29) is 12.6 Å². The Morgan fingerprint density at radius 3 is 2.91 bits per heavy atom. The number of ether oxygens (including phenoxy) is 1. The molecule has 0 unspecified atom stereocenters. The summed E-state index contributed by atoms with van der Waals surface area (Å²) in [5, 5.41) is 8.10. The topological polar surface area (TPSA) is 73.1 Å². The van der Waals surface area contributed by atoms with Gasteiger partial charge in [0.1, 0.15) is 12.4 Å². The Labute approximate surface area is 130 Å². The van der Waals surface area contributed by atoms with Crippen molar-refractivity contribution >= 4 is 5.91 Å². The lowest BCUT2D eigenvalue weighted by atomic mass is 10.2. The van der Waals surface area contributed by atoms with Crippen LogP contribution in [0.1, 0.15) is 35.1 Å². The molecule has 3 heterocycles. The van der Waals surface area contributed by atoms with E-state index in [0.717, 1.165) is 6.20 Å². The molecule has 0 radical (unpaired) electrons. The van der Waals surface area contributed by atoms with E-state index >= 15 is 0 Å². The number of amides is 1. The molecule has 2 aromatic heterocycles. The molecular formula is C14H15F2N5O2. The molecule has 0 aliphatic carbocycles. The number of hydrogen-bond donors (Lipinski definition) is 0. The highest BCUT2D eigenvalue weighted by molar-refractivity contribution is 5.92. The number of pyridine rings is 1. The van der Waals surface area contributed by atoms with Crippen LogP contribution in [0.15, 0.2) is 12.3 Å². The van der Waals surface area contributed by atoms with Gasteiger partial charge in [-0.3, -0.25) is 4.79 Å². The van der Waals surface area contributed by atoms with Crippen LogP contribution in [0.3, 0.4) is 0 Å². The van der Waals surface area contributed by atoms with Crippen LogP contribution in [0.25, 0.3) is 0 Å². The highest BCUT2D eigenvalue weighted by Crippen LogP contribution is 2.23. The van der Waals surface area contributed by atoms with Gasteiger partial charge in [0, 0.05) is 19.7 Å². The van der Waals surface area contributed by atoms with Gasteiger partial charge in [-0.2, -0.15) is 0 Å². The first kappa shape index (κ1) is 15.5. The van der Waals surface area contributed by atoms with Crippen molar-refractivity contribution in [1.82, 2.24) is 24.6 Å². The molecule has 1 aliphatic rings. The summed E-state index contributed by atoms with van der Waals surface area (Å²) < 4.78 is 33.7. The van der Waals surface area contributed by atoms with E-state index in [1.807, 2.05) is 11.5 Å². The first-order chi connectivity index (χ1) is 11.0. The predicted molar refractivity (Wildman–Crippen MR) is 74.3 cm³/mol. The summed E-state index contributed by atoms with van der Waals surface area (Å²) in [5.74, 6) is -1.14. The quantitative estimate of drug-likeness (QED) is 0.852. The Bertz CT molecular complexity index is 749. The highest BCUT2D eigenvalue weighted by atomic mass is 19.1. The van der Waals surface area contributed by atoms with Crippen molar-refractivity contribution in [2.45, 2.75) is 26.1 Å². The van der Waals surface area contributed by atoms with E-state index < -0.39 is 23.2 Å². The number of carbonyl (C=O) groups is 1. The average molecular weight is 323 g/mol. The first-order valence-corrected chi connectivity index (χ1v) is 7.03. The minimum atomic E-state index is -0.977. The molecule has 0 saturated heterocycles. The fourth-order valence-corrected chi connectivity index (χ4v) is 2.72. The third kappa shape index (κ3) is 2.79. The van der Waals surface area contributed by atoms with Gasteiger partial charge in [-0.15, -0.1) is 10.2 Å². The van der Waals surface area contributed by atoms with Gasteiger partial charge in [-0.1, -0.05) is 0 Å². The molecule has 0 aromatic carbocycles. The van der Waals surface area contributed by atoms with Crippen molar-refractivity contribution in [1.29, 1.82) is 0 Å². The van der Waals surface area contributed by atoms with Gasteiger partial charge in [0.05, 0.1) is 18.8 Å². The molecule has 7 nitrogen and oxygen atoms in total. The maximum atomic E-state index is 13.8. The molecule has 9 heteroatoms. The van der Waals surface area contributed by atoms with Gasteiger partial charge >= 0.3 is 0 Å². The SMILES string of the molecule is COCc1nnc2n1[C@@H](C)CN(C(=O)c1ncc(F)cc1F)C2. The standard InChI is InChI=1S/C14H15F2N5O2/c1-8-5-20(6-11-18-19-12(7-23-2)21(8)11)14(22)13-10(16)3-9(15)4-17-13/h3-4,8H,5-7H2,1-2H3/t8-/m0/s1. The lowest BCUT2D eigenvalue weighted by molar-refractivity contribution is 0.0663. The number of fused-ring (bicyclic) bond motifs is 1. The van der Waals surface area contributed by atoms with Crippen molar-refractivity contribution in [3.8, 4) is 0 Å². The number of methoxy groups -OCH3 is 1. The van der Waals surface area contributed by atoms with Crippen LogP contribution in [0.2, 0.25) is 0 Å². The molecule has 3 rings (SSSR count). The minimum Gasteiger partial charge on any atom is -0.377 e. The number of halogens is 2. The Kier molecular flexibility index (Phi) is 4.03. The van der Waals surface area contributed by atoms with Crippen LogP contribution >= 0.6 is 0 Å². The number of nitrogens with zero attached hydrogens (tertiary/aromatic N) is 5. The van der Waals surface area contributed by atoms with Crippen LogP contribution in [-0.4, -0.2) is 44.2 Å². The number of hydrogen-bond acceptors (Lipinski definition) is 5. The molecule has 122 valence electrons. The molecule has 0 fully saturated rings. The summed E-state index contributed by atoms with van der Waals surface area (Å²) in [6.45, 7) is 2.75. The third-order valence-corrected chi connectivity index (χ3v) is 3.67. The average Bonchev–Trinajstić information content (AvgIpc) is 2.90. The van der Waals surface area contributed by atoms with Gasteiger partial charge < -0.3 is 14.2 Å². The van der Waals surface area contributed by atoms with E-state index in [1.54, 1.807) is 7.11 Å². The zero-order valence-electron chi connectivity index (χ0n) is 12.7. The Balaban J connectivity index is 1.86. The largest absolute Gasteiger partial charge is 0.377 e. The summed E-state index contributed by atoms with van der Waals surface area (Å²) in [7, 11) is 1.56. The van der Waals surface area contributed by atoms with Crippen LogP contribution in [-0.2, 0) is 17.9 Å². The number of rotatable bonds is 3. The minimum absolute atomic E-state index is 0.0913. The molecule has 1 atom stereocenters. The highest BCUT2D eigenvalue weighted by Gasteiger charge is 2.31. The molecular weight excluding hydrogens is 308 g/mol. The molecule has 0 N–H and O–H groups in total. The smallest absolute Gasteiger partial charge is 0.275 e. The van der Waals surface area contributed by atoms with Crippen molar-refractivity contribution < 1.29 is 18.3 Å². The Hall–Kier alpha value is -2.42. The van der Waals surface area contributed by atoms with Gasteiger partial charge in [-0.05, 0) is 6.92 Å². The molecule has 1 aliphatic heterocycles. The van der Waals surface area contributed by atoms with Crippen LogP contribution in [0.4, 0.5) is 8.78 Å². The Morgan fingerprint density at radius 1 is 1.43 bits per heavy atom. The van der Waals surface area contributed by atoms with Gasteiger partial charge in [0.25, 0.3) is 5.91 Å². The first-order valence-electron chi connectivity index (χ1n) is 7.03. The molecule has 2 aromatic rings. The zero-order valence-corrected chi connectivity index (χ0v) is 12.7. The molecule has 0 saturated carbocycles. The van der Waals surface area contributed by atoms with Crippen molar-refractivity contribution in [2.75, 3.05) is 13.7 Å². The van der Waals surface area contributed by atoms with Gasteiger partial charge in [-0.25, -0.2) is 13.8 Å². The summed E-state index contributed by atoms with van der Waals surface area (Å²) >= 11 is 0. The molecule has 1 amide bonds. The Morgan fingerprint density at radius 2 is 2.22 bits per heavy atom. The molecule has 0 bridgehead atoms. The van der Waals surface area contributed by atoms with Crippen LogP contribution in [0, 0.1) is 11.6 Å². The summed E-state index contributed by atoms with van der Waals surface area (Å²) in [6, 6.07) is 0.554. The third-order valence-electron chi connectivity index (χ3n) is 3.67. The zero-order chi connectivity index (χ0) is 16.6. The lowest BCUT2D eigenvalue weighted by Crippen LogP contribution is -2.41. The van der Waals surface area contributed by atoms with Crippen molar-refractivity contribution in [3.63, 3.8) is 0 Å². The number of carbonyl (C=O) groups excluding carboxylic acids is 1. The second-order valence-electron chi connectivity index (χ2n) is 5.35. The van der Waals surface area contributed by atoms with Crippen LogP contribution < -0.4 is 0 Å². The van der Waals surface area contributed by atoms with E-state index in [4.69, 9.17) is 4.74 Å². The van der Waals surface area contributed by atoms with Crippen LogP contribution in [0.5, 0.6) is 0 Å².